The average molecular weight is 296 g/mol. The molecule has 3 nitrogen and oxygen atoms in total. The quantitative estimate of drug-likeness (QED) is 0.745. The zero-order valence-corrected chi connectivity index (χ0v) is 10.4. The van der Waals surface area contributed by atoms with Crippen LogP contribution in [-0.2, 0) is 0 Å². The second-order valence-electron chi connectivity index (χ2n) is 3.40. The molecule has 0 fully saturated rings. The minimum Gasteiger partial charge on any atom is -0.462 e. The third-order valence-corrected chi connectivity index (χ3v) is 4.02. The standard InChI is InChI=1S/C11H6BrNO2S/c12-16-6-1-2-8-7(5-6)11-10(13-8)9(14)3-4-15-11/h1-5,13H. The van der Waals surface area contributed by atoms with E-state index in [9.17, 15) is 4.79 Å². The fraction of sp³-hybridized carbons (Fsp3) is 0. The fourth-order valence-electron chi connectivity index (χ4n) is 1.74. The van der Waals surface area contributed by atoms with Gasteiger partial charge >= 0.3 is 0 Å². The highest BCUT2D eigenvalue weighted by Crippen LogP contribution is 2.30. The molecule has 3 aromatic rings. The Labute approximate surface area is 102 Å². The number of aromatic amines is 1. The number of aromatic nitrogens is 1. The topological polar surface area (TPSA) is 46.0 Å². The van der Waals surface area contributed by atoms with E-state index in [0.29, 0.717) is 11.1 Å². The summed E-state index contributed by atoms with van der Waals surface area (Å²) in [5, 5.41) is 0.928. The highest BCUT2D eigenvalue weighted by Gasteiger charge is 2.09. The highest BCUT2D eigenvalue weighted by molar-refractivity contribution is 9.50. The van der Waals surface area contributed by atoms with E-state index in [2.05, 4.69) is 19.8 Å². The Bertz CT molecular complexity index is 732. The molecule has 0 aliphatic rings. The number of nitrogens with one attached hydrogen (secondary N) is 1. The summed E-state index contributed by atoms with van der Waals surface area (Å²) in [4.78, 5) is 15.7. The van der Waals surface area contributed by atoms with Crippen LogP contribution in [0.25, 0.3) is 22.0 Å². The zero-order valence-electron chi connectivity index (χ0n) is 7.99. The second-order valence-corrected chi connectivity index (χ2v) is 5.00. The van der Waals surface area contributed by atoms with E-state index in [1.807, 2.05) is 18.2 Å². The van der Waals surface area contributed by atoms with Crippen molar-refractivity contribution in [2.75, 3.05) is 0 Å². The molecule has 0 bridgehead atoms. The van der Waals surface area contributed by atoms with Gasteiger partial charge < -0.3 is 9.40 Å². The van der Waals surface area contributed by atoms with Crippen molar-refractivity contribution in [2.24, 2.45) is 0 Å². The molecular formula is C11H6BrNO2S. The first-order chi connectivity index (χ1) is 7.79. The van der Waals surface area contributed by atoms with Crippen LogP contribution >= 0.6 is 25.0 Å². The number of fused-ring (bicyclic) bond motifs is 3. The van der Waals surface area contributed by atoms with Gasteiger partial charge in [-0.1, -0.05) is 0 Å². The number of rotatable bonds is 1. The molecule has 5 heteroatoms. The molecule has 0 saturated carbocycles. The Morgan fingerprint density at radius 2 is 2.19 bits per heavy atom. The molecule has 0 atom stereocenters. The van der Waals surface area contributed by atoms with Crippen LogP contribution in [0.3, 0.4) is 0 Å². The molecule has 0 saturated heterocycles. The number of hydrogen-bond donors (Lipinski definition) is 1. The van der Waals surface area contributed by atoms with Crippen LogP contribution < -0.4 is 5.43 Å². The number of benzene rings is 1. The number of hydrogen-bond acceptors (Lipinski definition) is 3. The molecule has 0 spiro atoms. The lowest BCUT2D eigenvalue weighted by molar-refractivity contribution is 0.606. The van der Waals surface area contributed by atoms with Crippen LogP contribution in [0.1, 0.15) is 0 Å². The van der Waals surface area contributed by atoms with Crippen molar-refractivity contribution in [3.05, 3.63) is 40.8 Å². The highest BCUT2D eigenvalue weighted by atomic mass is 79.9. The summed E-state index contributed by atoms with van der Waals surface area (Å²) in [5.41, 5.74) is 2.00. The summed E-state index contributed by atoms with van der Waals surface area (Å²) >= 11 is 3.32. The Morgan fingerprint density at radius 3 is 3.00 bits per heavy atom. The van der Waals surface area contributed by atoms with Gasteiger partial charge in [0.05, 0.1) is 6.26 Å². The Morgan fingerprint density at radius 1 is 1.31 bits per heavy atom. The van der Waals surface area contributed by atoms with Crippen LogP contribution in [-0.4, -0.2) is 4.98 Å². The van der Waals surface area contributed by atoms with Crippen LogP contribution in [0, 0.1) is 0 Å². The predicted octanol–water partition coefficient (Wildman–Crippen LogP) is 3.68. The van der Waals surface area contributed by atoms with Crippen molar-refractivity contribution in [1.82, 2.24) is 4.98 Å². The molecule has 0 aliphatic heterocycles. The van der Waals surface area contributed by atoms with E-state index < -0.39 is 0 Å². The molecule has 2 heterocycles. The lowest BCUT2D eigenvalue weighted by atomic mass is 10.2. The first kappa shape index (κ1) is 9.99. The SMILES string of the molecule is O=c1ccoc2c1[nH]c1ccc(SBr)cc12. The third kappa shape index (κ3) is 1.39. The molecule has 80 valence electrons. The van der Waals surface area contributed by atoms with Gasteiger partial charge in [0.2, 0.25) is 5.43 Å². The Hall–Kier alpha value is -1.20. The zero-order chi connectivity index (χ0) is 11.1. The fourth-order valence-corrected chi connectivity index (χ4v) is 2.62. The normalized spacial score (nSPS) is 11.3. The average Bonchev–Trinajstić information content (AvgIpc) is 2.68. The maximum atomic E-state index is 11.6. The number of halogens is 1. The van der Waals surface area contributed by atoms with Crippen molar-refractivity contribution < 1.29 is 4.42 Å². The molecule has 1 aromatic carbocycles. The van der Waals surface area contributed by atoms with Crippen LogP contribution in [0.15, 0.2) is 44.6 Å². The van der Waals surface area contributed by atoms with Gasteiger partial charge in [-0.3, -0.25) is 4.79 Å². The molecule has 1 N–H and O–H groups in total. The van der Waals surface area contributed by atoms with Gasteiger partial charge in [0, 0.05) is 21.9 Å². The van der Waals surface area contributed by atoms with Crippen molar-refractivity contribution in [1.29, 1.82) is 0 Å². The molecule has 2 aromatic heterocycles. The monoisotopic (exact) mass is 295 g/mol. The largest absolute Gasteiger partial charge is 0.462 e. The molecule has 0 radical (unpaired) electrons. The lowest BCUT2D eigenvalue weighted by Crippen LogP contribution is -1.96. The van der Waals surface area contributed by atoms with Gasteiger partial charge in [0.25, 0.3) is 0 Å². The van der Waals surface area contributed by atoms with Crippen molar-refractivity contribution in [3.8, 4) is 0 Å². The smallest absolute Gasteiger partial charge is 0.208 e. The summed E-state index contributed by atoms with van der Waals surface area (Å²) in [6.45, 7) is 0. The summed E-state index contributed by atoms with van der Waals surface area (Å²) in [6, 6.07) is 7.31. The molecule has 0 unspecified atom stereocenters. The summed E-state index contributed by atoms with van der Waals surface area (Å²) < 4.78 is 5.39. The van der Waals surface area contributed by atoms with Gasteiger partial charge in [0.15, 0.2) is 5.58 Å². The maximum absolute atomic E-state index is 11.6. The van der Waals surface area contributed by atoms with Crippen molar-refractivity contribution in [3.63, 3.8) is 0 Å². The van der Waals surface area contributed by atoms with E-state index in [4.69, 9.17) is 4.42 Å². The summed E-state index contributed by atoms with van der Waals surface area (Å²) in [5.74, 6) is 0. The minimum absolute atomic E-state index is 0.0505. The van der Waals surface area contributed by atoms with Crippen molar-refractivity contribution >= 4 is 47.0 Å². The summed E-state index contributed by atoms with van der Waals surface area (Å²) in [7, 11) is 1.48. The Kier molecular flexibility index (Phi) is 2.29. The molecule has 0 aliphatic carbocycles. The molecule has 0 amide bonds. The van der Waals surface area contributed by atoms with E-state index in [1.54, 1.807) is 0 Å². The lowest BCUT2D eigenvalue weighted by Gasteiger charge is -1.94. The van der Waals surface area contributed by atoms with Crippen LogP contribution in [0.2, 0.25) is 0 Å². The van der Waals surface area contributed by atoms with E-state index >= 15 is 0 Å². The van der Waals surface area contributed by atoms with E-state index in [-0.39, 0.29) is 5.43 Å². The van der Waals surface area contributed by atoms with Gasteiger partial charge in [-0.05, 0) is 43.2 Å². The Balaban J connectivity index is 2.52. The van der Waals surface area contributed by atoms with Gasteiger partial charge in [0.1, 0.15) is 5.52 Å². The predicted molar refractivity (Wildman–Crippen MR) is 69.1 cm³/mol. The van der Waals surface area contributed by atoms with E-state index in [1.165, 1.54) is 22.5 Å². The van der Waals surface area contributed by atoms with Crippen LogP contribution in [0.5, 0.6) is 0 Å². The van der Waals surface area contributed by atoms with Crippen molar-refractivity contribution in [2.45, 2.75) is 4.90 Å². The molecule has 3 rings (SSSR count). The van der Waals surface area contributed by atoms with E-state index in [0.717, 1.165) is 15.8 Å². The minimum atomic E-state index is -0.0505. The first-order valence-corrected chi connectivity index (χ1v) is 7.27. The third-order valence-electron chi connectivity index (χ3n) is 2.46. The first-order valence-electron chi connectivity index (χ1n) is 4.61. The molecule has 16 heavy (non-hydrogen) atoms. The van der Waals surface area contributed by atoms with Gasteiger partial charge in [-0.15, -0.1) is 0 Å². The number of H-pyrrole nitrogens is 1. The molecular weight excluding hydrogens is 290 g/mol. The second kappa shape index (κ2) is 3.68. The summed E-state index contributed by atoms with van der Waals surface area (Å²) in [6.07, 6.45) is 1.42. The van der Waals surface area contributed by atoms with Gasteiger partial charge in [-0.25, -0.2) is 0 Å². The van der Waals surface area contributed by atoms with Gasteiger partial charge in [-0.2, -0.15) is 0 Å². The maximum Gasteiger partial charge on any atom is 0.208 e. The van der Waals surface area contributed by atoms with Crippen LogP contribution in [0.4, 0.5) is 0 Å².